The normalized spacial score (nSPS) is 16.3. The Morgan fingerprint density at radius 1 is 0.889 bits per heavy atom. The smallest absolute Gasteiger partial charge is 0.341 e. The Morgan fingerprint density at radius 2 is 1.31 bits per heavy atom. The Morgan fingerprint density at radius 3 is 1.76 bits per heavy atom. The van der Waals surface area contributed by atoms with Crippen LogP contribution in [-0.4, -0.2) is 59.0 Å². The van der Waals surface area contributed by atoms with Crippen molar-refractivity contribution in [3.8, 4) is 11.5 Å². The Balaban J connectivity index is -0.000000686. The number of hydrogen-bond acceptors (Lipinski definition) is 9. The topological polar surface area (TPSA) is 146 Å². The first-order valence-corrected chi connectivity index (χ1v) is 15.0. The molecular weight excluding hydrogens is 620 g/mol. The maximum absolute atomic E-state index is 12.3. The minimum absolute atomic E-state index is 0. The Labute approximate surface area is 279 Å². The van der Waals surface area contributed by atoms with Crippen LogP contribution < -0.4 is 19.9 Å². The summed E-state index contributed by atoms with van der Waals surface area (Å²) >= 11 is 0. The van der Waals surface area contributed by atoms with E-state index in [0.717, 1.165) is 17.5 Å². The van der Waals surface area contributed by atoms with E-state index in [4.69, 9.17) is 29.8 Å². The number of aliphatic hydroxyl groups excluding tert-OH is 1. The third-order valence-electron chi connectivity index (χ3n) is 5.99. The molecule has 0 amide bonds. The molecule has 2 aliphatic heterocycles. The minimum atomic E-state index is -1.18. The van der Waals surface area contributed by atoms with Gasteiger partial charge in [0.2, 0.25) is 0 Å². The highest BCUT2D eigenvalue weighted by atomic mass is 35.5. The Kier molecular flexibility index (Phi) is 23.6. The number of para-hydroxylation sites is 2. The maximum Gasteiger partial charge on any atom is 0.341 e. The first kappa shape index (κ1) is 46.7. The van der Waals surface area contributed by atoms with Crippen LogP contribution in [0.15, 0.2) is 36.4 Å². The number of esters is 2. The lowest BCUT2D eigenvalue weighted by Gasteiger charge is -2.30. The molecule has 0 fully saturated rings. The largest absolute Gasteiger partial charge is 0.492 e. The number of rotatable bonds is 6. The molecule has 0 aliphatic carbocycles. The van der Waals surface area contributed by atoms with E-state index in [9.17, 15) is 13.8 Å². The number of carbonyl (C=O) groups excluding carboxylic acids is 2. The first-order valence-electron chi connectivity index (χ1n) is 13.9. The lowest BCUT2D eigenvalue weighted by molar-refractivity contribution is 0.0510. The molecule has 0 radical (unpaired) electrons. The molecule has 4 rings (SSSR count). The summed E-state index contributed by atoms with van der Waals surface area (Å²) in [6.45, 7) is 12.9. The average molecular weight is 677 g/mol. The predicted molar refractivity (Wildman–Crippen MR) is 186 cm³/mol. The fourth-order valence-corrected chi connectivity index (χ4v) is 4.90. The van der Waals surface area contributed by atoms with Gasteiger partial charge in [-0.05, 0) is 53.7 Å². The lowest BCUT2D eigenvalue weighted by atomic mass is 9.98. The number of benzene rings is 2. The lowest BCUT2D eigenvalue weighted by Crippen LogP contribution is -2.37. The molecule has 2 aliphatic rings. The number of aliphatic hydroxyl groups is 1. The quantitative estimate of drug-likeness (QED) is 0.284. The summed E-state index contributed by atoms with van der Waals surface area (Å²) in [5.41, 5.74) is 8.59. The molecule has 12 heteroatoms. The van der Waals surface area contributed by atoms with Gasteiger partial charge in [-0.15, -0.1) is 12.4 Å². The van der Waals surface area contributed by atoms with Gasteiger partial charge in [-0.2, -0.15) is 0 Å². The van der Waals surface area contributed by atoms with Crippen molar-refractivity contribution in [2.75, 3.05) is 33.0 Å². The van der Waals surface area contributed by atoms with E-state index in [-0.39, 0.29) is 64.1 Å². The van der Waals surface area contributed by atoms with Gasteiger partial charge in [-0.25, -0.2) is 18.5 Å². The van der Waals surface area contributed by atoms with Crippen molar-refractivity contribution >= 4 is 35.3 Å². The number of carbonyl (C=O) groups is 2. The third-order valence-corrected chi connectivity index (χ3v) is 7.60. The standard InChI is InChI=1S/C16H23NO4S.C12H15NO3.C2H6O.3CH4.ClH/c1-5-20-15(18)12-8-6-7-11-13(9-10-21-14(11)12)17-22(19)16(2,3)4;1-2-15-12(14)9-5-3-4-8-10(13)6-7-16-11(8)9;1-2-3;;;;/h6-8,13,17H,5,9-10H2,1-4H3;3-5,10H,2,6-7,13H2,1H3;3H,2H2,1H3;3*1H4;1H/t13-,22-;10-;;;;;/m00...../s1. The number of hydrogen-bond donors (Lipinski definition) is 3. The summed E-state index contributed by atoms with van der Waals surface area (Å²) in [5.74, 6) is 0.376. The summed E-state index contributed by atoms with van der Waals surface area (Å²) in [5, 5.41) is 7.57. The zero-order chi connectivity index (χ0) is 30.6. The van der Waals surface area contributed by atoms with E-state index in [1.807, 2.05) is 32.9 Å². The van der Waals surface area contributed by atoms with Gasteiger partial charge in [0, 0.05) is 36.6 Å². The van der Waals surface area contributed by atoms with E-state index in [1.54, 1.807) is 45.0 Å². The van der Waals surface area contributed by atoms with Gasteiger partial charge in [-0.1, -0.05) is 46.5 Å². The molecule has 0 saturated heterocycles. The number of halogens is 1. The molecule has 2 aromatic carbocycles. The molecule has 0 aromatic heterocycles. The van der Waals surface area contributed by atoms with Crippen LogP contribution in [0.5, 0.6) is 11.5 Å². The van der Waals surface area contributed by atoms with E-state index >= 15 is 0 Å². The van der Waals surface area contributed by atoms with Crippen molar-refractivity contribution in [2.24, 2.45) is 5.73 Å². The van der Waals surface area contributed by atoms with Gasteiger partial charge in [0.05, 0.1) is 48.2 Å². The second-order valence-electron chi connectivity index (χ2n) is 10.1. The van der Waals surface area contributed by atoms with Crippen LogP contribution >= 0.6 is 12.4 Å². The second kappa shape index (κ2) is 22.7. The van der Waals surface area contributed by atoms with Gasteiger partial charge >= 0.3 is 11.9 Å². The van der Waals surface area contributed by atoms with Crippen molar-refractivity contribution in [2.45, 2.75) is 93.5 Å². The molecule has 45 heavy (non-hydrogen) atoms. The average Bonchev–Trinajstić information content (AvgIpc) is 2.93. The zero-order valence-corrected chi connectivity index (χ0v) is 26.9. The summed E-state index contributed by atoms with van der Waals surface area (Å²) in [6, 6.07) is 10.6. The molecular formula is C33H57ClN2O8S. The SMILES string of the molecule is C.C.C.CCO.CCOC(=O)c1cccc2c1OCC[C@@H]2N.CCOC(=O)c1cccc2c1OCC[C@@H]2N[S@@](=O)C(C)(C)C.Cl. The summed E-state index contributed by atoms with van der Waals surface area (Å²) in [7, 11) is -1.18. The van der Waals surface area contributed by atoms with Crippen LogP contribution in [0.2, 0.25) is 0 Å². The van der Waals surface area contributed by atoms with Gasteiger partial charge < -0.3 is 29.8 Å². The maximum atomic E-state index is 12.3. The fraction of sp³-hybridized carbons (Fsp3) is 0.576. The highest BCUT2D eigenvalue weighted by Crippen LogP contribution is 2.36. The van der Waals surface area contributed by atoms with Crippen LogP contribution in [0.25, 0.3) is 0 Å². The molecule has 4 N–H and O–H groups in total. The molecule has 2 heterocycles. The molecule has 0 spiro atoms. The van der Waals surface area contributed by atoms with E-state index in [1.165, 1.54) is 0 Å². The first-order chi connectivity index (χ1) is 19.5. The Bertz CT molecular complexity index is 1190. The number of nitrogens with two attached hydrogens (primary N) is 1. The highest BCUT2D eigenvalue weighted by Gasteiger charge is 2.30. The predicted octanol–water partition coefficient (Wildman–Crippen LogP) is 6.71. The van der Waals surface area contributed by atoms with Gasteiger partial charge in [0.25, 0.3) is 0 Å². The van der Waals surface area contributed by atoms with Crippen molar-refractivity contribution in [1.82, 2.24) is 4.72 Å². The summed E-state index contributed by atoms with van der Waals surface area (Å²) in [6.07, 6.45) is 1.49. The van der Waals surface area contributed by atoms with Crippen LogP contribution in [0.1, 0.15) is 121 Å². The fourth-order valence-electron chi connectivity index (χ4n) is 4.04. The monoisotopic (exact) mass is 676 g/mol. The van der Waals surface area contributed by atoms with E-state index in [2.05, 4.69) is 4.72 Å². The number of fused-ring (bicyclic) bond motifs is 2. The van der Waals surface area contributed by atoms with Crippen LogP contribution in [0.3, 0.4) is 0 Å². The summed E-state index contributed by atoms with van der Waals surface area (Å²) in [4.78, 5) is 23.7. The molecule has 2 aromatic rings. The third kappa shape index (κ3) is 13.3. The van der Waals surface area contributed by atoms with Gasteiger partial charge in [-0.3, -0.25) is 0 Å². The van der Waals surface area contributed by atoms with Crippen molar-refractivity contribution in [3.63, 3.8) is 0 Å². The molecule has 3 atom stereocenters. The van der Waals surface area contributed by atoms with E-state index < -0.39 is 17.0 Å². The molecule has 0 bridgehead atoms. The van der Waals surface area contributed by atoms with Gasteiger partial charge in [0.1, 0.15) is 22.6 Å². The molecule has 0 unspecified atom stereocenters. The molecule has 10 nitrogen and oxygen atoms in total. The van der Waals surface area contributed by atoms with Crippen LogP contribution in [0.4, 0.5) is 0 Å². The van der Waals surface area contributed by atoms with Crippen molar-refractivity contribution < 1.29 is 37.9 Å². The summed E-state index contributed by atoms with van der Waals surface area (Å²) < 4.78 is 36.4. The number of ether oxygens (including phenoxy) is 4. The van der Waals surface area contributed by atoms with Gasteiger partial charge in [0.15, 0.2) is 0 Å². The van der Waals surface area contributed by atoms with Crippen LogP contribution in [0, 0.1) is 0 Å². The highest BCUT2D eigenvalue weighted by molar-refractivity contribution is 7.84. The number of nitrogens with one attached hydrogen (secondary N) is 1. The second-order valence-corrected chi connectivity index (χ2v) is 12.1. The van der Waals surface area contributed by atoms with Crippen LogP contribution in [-0.2, 0) is 20.5 Å². The van der Waals surface area contributed by atoms with Crippen molar-refractivity contribution in [1.29, 1.82) is 0 Å². The zero-order valence-electron chi connectivity index (χ0n) is 25.3. The molecule has 0 saturated carbocycles. The minimum Gasteiger partial charge on any atom is -0.492 e. The van der Waals surface area contributed by atoms with Crippen molar-refractivity contribution in [3.05, 3.63) is 58.7 Å². The molecule has 260 valence electrons. The Hall–Kier alpha value is -2.70. The van der Waals surface area contributed by atoms with E-state index in [0.29, 0.717) is 55.5 Å².